The molecule has 9 heteroatoms. The van der Waals surface area contributed by atoms with E-state index in [1.165, 1.54) is 35.1 Å². The molecule has 1 aromatic heterocycles. The fourth-order valence-electron chi connectivity index (χ4n) is 1.73. The van der Waals surface area contributed by atoms with Gasteiger partial charge in [-0.25, -0.2) is 4.68 Å². The second-order valence-corrected chi connectivity index (χ2v) is 4.67. The summed E-state index contributed by atoms with van der Waals surface area (Å²) in [6.07, 6.45) is 1.47. The van der Waals surface area contributed by atoms with Gasteiger partial charge in [0.15, 0.2) is 0 Å². The van der Waals surface area contributed by atoms with Crippen LogP contribution in [0.25, 0.3) is 0 Å². The number of hydrogen-bond acceptors (Lipinski definition) is 5. The van der Waals surface area contributed by atoms with Crippen LogP contribution in [-0.4, -0.2) is 27.2 Å². The van der Waals surface area contributed by atoms with Crippen molar-refractivity contribution < 1.29 is 9.72 Å². The standard InChI is InChI=1S/C13H11ClN4O4/c14-11-8-9(18(21)22)3-4-10(11)13(20)15-6-7-17-12(19)2-1-5-16-17/h1-5,8H,6-7H2,(H,15,20). The number of halogens is 1. The van der Waals surface area contributed by atoms with Gasteiger partial charge in [-0.05, 0) is 12.1 Å². The summed E-state index contributed by atoms with van der Waals surface area (Å²) in [4.78, 5) is 33.4. The van der Waals surface area contributed by atoms with Crippen LogP contribution in [0.4, 0.5) is 5.69 Å². The molecule has 0 spiro atoms. The van der Waals surface area contributed by atoms with Gasteiger partial charge in [0.25, 0.3) is 17.2 Å². The quantitative estimate of drug-likeness (QED) is 0.658. The van der Waals surface area contributed by atoms with Crippen molar-refractivity contribution in [1.82, 2.24) is 15.1 Å². The van der Waals surface area contributed by atoms with Crippen LogP contribution in [0.3, 0.4) is 0 Å². The second-order valence-electron chi connectivity index (χ2n) is 4.26. The van der Waals surface area contributed by atoms with Crippen molar-refractivity contribution >= 4 is 23.2 Å². The molecule has 0 atom stereocenters. The third kappa shape index (κ3) is 3.67. The molecule has 0 saturated carbocycles. The Morgan fingerprint density at radius 1 is 1.41 bits per heavy atom. The maximum absolute atomic E-state index is 11.9. The Kier molecular flexibility index (Phi) is 4.84. The fraction of sp³-hybridized carbons (Fsp3) is 0.154. The second kappa shape index (κ2) is 6.81. The summed E-state index contributed by atoms with van der Waals surface area (Å²) in [7, 11) is 0. The molecule has 1 heterocycles. The SMILES string of the molecule is O=C(NCCn1ncccc1=O)c1ccc([N+](=O)[O-])cc1Cl. The average Bonchev–Trinajstić information content (AvgIpc) is 2.48. The number of rotatable bonds is 5. The van der Waals surface area contributed by atoms with Gasteiger partial charge in [0.05, 0.1) is 22.1 Å². The van der Waals surface area contributed by atoms with E-state index in [4.69, 9.17) is 11.6 Å². The minimum atomic E-state index is -0.596. The topological polar surface area (TPSA) is 107 Å². The van der Waals surface area contributed by atoms with Gasteiger partial charge in [0.2, 0.25) is 0 Å². The number of carbonyl (C=O) groups is 1. The van der Waals surface area contributed by atoms with Gasteiger partial charge in [-0.1, -0.05) is 11.6 Å². The molecule has 0 radical (unpaired) electrons. The molecule has 0 fully saturated rings. The van der Waals surface area contributed by atoms with Crippen LogP contribution in [0, 0.1) is 10.1 Å². The monoisotopic (exact) mass is 322 g/mol. The van der Waals surface area contributed by atoms with Crippen molar-refractivity contribution in [2.75, 3.05) is 6.54 Å². The van der Waals surface area contributed by atoms with Crippen LogP contribution in [0.1, 0.15) is 10.4 Å². The van der Waals surface area contributed by atoms with Crippen molar-refractivity contribution in [3.63, 3.8) is 0 Å². The Hall–Kier alpha value is -2.74. The first-order valence-corrected chi connectivity index (χ1v) is 6.61. The van der Waals surface area contributed by atoms with Gasteiger partial charge >= 0.3 is 0 Å². The van der Waals surface area contributed by atoms with Crippen molar-refractivity contribution in [2.45, 2.75) is 6.54 Å². The zero-order valence-corrected chi connectivity index (χ0v) is 12.0. The van der Waals surface area contributed by atoms with E-state index in [-0.39, 0.29) is 34.9 Å². The van der Waals surface area contributed by atoms with E-state index in [9.17, 15) is 19.7 Å². The van der Waals surface area contributed by atoms with Gasteiger partial charge in [0, 0.05) is 30.9 Å². The Labute approximate surface area is 129 Å². The number of non-ortho nitro benzene ring substituents is 1. The highest BCUT2D eigenvalue weighted by Gasteiger charge is 2.14. The van der Waals surface area contributed by atoms with E-state index >= 15 is 0 Å². The van der Waals surface area contributed by atoms with Crippen LogP contribution in [0.5, 0.6) is 0 Å². The van der Waals surface area contributed by atoms with E-state index < -0.39 is 10.8 Å². The zero-order valence-electron chi connectivity index (χ0n) is 11.2. The highest BCUT2D eigenvalue weighted by molar-refractivity contribution is 6.34. The molecule has 22 heavy (non-hydrogen) atoms. The molecule has 0 saturated heterocycles. The molecule has 0 aliphatic heterocycles. The molecule has 2 rings (SSSR count). The van der Waals surface area contributed by atoms with Gasteiger partial charge in [0.1, 0.15) is 0 Å². The van der Waals surface area contributed by atoms with E-state index in [0.717, 1.165) is 6.07 Å². The van der Waals surface area contributed by atoms with Crippen LogP contribution in [0.2, 0.25) is 5.02 Å². The Balaban J connectivity index is 2.00. The number of nitro benzene ring substituents is 1. The molecule has 114 valence electrons. The van der Waals surface area contributed by atoms with Crippen LogP contribution in [0.15, 0.2) is 41.3 Å². The van der Waals surface area contributed by atoms with Gasteiger partial charge in [-0.15, -0.1) is 0 Å². The van der Waals surface area contributed by atoms with E-state index in [0.29, 0.717) is 0 Å². The van der Waals surface area contributed by atoms with Crippen molar-refractivity contribution in [1.29, 1.82) is 0 Å². The summed E-state index contributed by atoms with van der Waals surface area (Å²) >= 11 is 5.86. The molecular formula is C13H11ClN4O4. The third-order valence-electron chi connectivity index (χ3n) is 2.80. The number of carbonyl (C=O) groups excluding carboxylic acids is 1. The summed E-state index contributed by atoms with van der Waals surface area (Å²) in [5.41, 5.74) is -0.340. The molecule has 0 aliphatic rings. The first-order valence-electron chi connectivity index (χ1n) is 6.23. The molecule has 1 amide bonds. The lowest BCUT2D eigenvalue weighted by atomic mass is 10.2. The van der Waals surface area contributed by atoms with E-state index in [2.05, 4.69) is 10.4 Å². The average molecular weight is 323 g/mol. The Morgan fingerprint density at radius 2 is 2.18 bits per heavy atom. The van der Waals surface area contributed by atoms with Crippen LogP contribution in [-0.2, 0) is 6.54 Å². The van der Waals surface area contributed by atoms with E-state index in [1.54, 1.807) is 0 Å². The third-order valence-corrected chi connectivity index (χ3v) is 3.12. The van der Waals surface area contributed by atoms with Gasteiger partial charge in [-0.3, -0.25) is 19.7 Å². The highest BCUT2D eigenvalue weighted by atomic mass is 35.5. The molecule has 0 unspecified atom stereocenters. The lowest BCUT2D eigenvalue weighted by molar-refractivity contribution is -0.384. The van der Waals surface area contributed by atoms with Crippen molar-refractivity contribution in [3.8, 4) is 0 Å². The summed E-state index contributed by atoms with van der Waals surface area (Å²) in [5.74, 6) is -0.483. The molecular weight excluding hydrogens is 312 g/mol. The number of aromatic nitrogens is 2. The van der Waals surface area contributed by atoms with Gasteiger partial charge in [-0.2, -0.15) is 5.10 Å². The fourth-order valence-corrected chi connectivity index (χ4v) is 1.99. The summed E-state index contributed by atoms with van der Waals surface area (Å²) in [6.45, 7) is 0.374. The predicted molar refractivity (Wildman–Crippen MR) is 78.9 cm³/mol. The summed E-state index contributed by atoms with van der Waals surface area (Å²) in [6, 6.07) is 6.47. The molecule has 2 aromatic rings. The molecule has 1 aromatic carbocycles. The number of amides is 1. The minimum Gasteiger partial charge on any atom is -0.350 e. The maximum atomic E-state index is 11.9. The lowest BCUT2D eigenvalue weighted by Gasteiger charge is -2.07. The normalized spacial score (nSPS) is 10.2. The number of hydrogen-bond donors (Lipinski definition) is 1. The first-order chi connectivity index (χ1) is 10.5. The largest absolute Gasteiger partial charge is 0.350 e. The molecule has 0 bridgehead atoms. The van der Waals surface area contributed by atoms with Crippen molar-refractivity contribution in [2.24, 2.45) is 0 Å². The molecule has 0 aliphatic carbocycles. The molecule has 1 N–H and O–H groups in total. The first kappa shape index (κ1) is 15.6. The number of nitrogens with zero attached hydrogens (tertiary/aromatic N) is 3. The van der Waals surface area contributed by atoms with Crippen LogP contribution < -0.4 is 10.9 Å². The summed E-state index contributed by atoms with van der Waals surface area (Å²) in [5, 5.41) is 17.0. The van der Waals surface area contributed by atoms with E-state index in [1.807, 2.05) is 0 Å². The minimum absolute atomic E-state index is 0.0123. The molecule has 8 nitrogen and oxygen atoms in total. The summed E-state index contributed by atoms with van der Waals surface area (Å²) < 4.78 is 1.21. The number of nitro groups is 1. The van der Waals surface area contributed by atoms with Gasteiger partial charge < -0.3 is 5.32 Å². The zero-order chi connectivity index (χ0) is 16.1. The smallest absolute Gasteiger partial charge is 0.270 e. The number of nitrogens with one attached hydrogen (secondary N) is 1. The lowest BCUT2D eigenvalue weighted by Crippen LogP contribution is -2.31. The highest BCUT2D eigenvalue weighted by Crippen LogP contribution is 2.22. The van der Waals surface area contributed by atoms with Crippen molar-refractivity contribution in [3.05, 3.63) is 67.6 Å². The number of benzene rings is 1. The van der Waals surface area contributed by atoms with Crippen LogP contribution >= 0.6 is 11.6 Å². The Bertz CT molecular complexity index is 775. The predicted octanol–water partition coefficient (Wildman–Crippen LogP) is 1.23. The Morgan fingerprint density at radius 3 is 2.82 bits per heavy atom. The maximum Gasteiger partial charge on any atom is 0.270 e.